The van der Waals surface area contributed by atoms with E-state index in [-0.39, 0.29) is 22.8 Å². The molecule has 1 amide bonds. The van der Waals surface area contributed by atoms with Gasteiger partial charge in [-0.2, -0.15) is 0 Å². The third-order valence-electron chi connectivity index (χ3n) is 7.56. The highest BCUT2D eigenvalue weighted by molar-refractivity contribution is 7.89. The van der Waals surface area contributed by atoms with Crippen molar-refractivity contribution in [3.8, 4) is 5.75 Å². The molecule has 1 saturated carbocycles. The van der Waals surface area contributed by atoms with Gasteiger partial charge in [0.15, 0.2) is 0 Å². The van der Waals surface area contributed by atoms with Crippen LogP contribution in [0.15, 0.2) is 65.1 Å². The number of hydrogen-bond acceptors (Lipinski definition) is 5. The van der Waals surface area contributed by atoms with Crippen molar-refractivity contribution in [1.82, 2.24) is 9.62 Å². The van der Waals surface area contributed by atoms with E-state index < -0.39 is 21.2 Å². The standard InChI is InChI=1S/C26H30N2O5S/c1-17-4-11-21(12-5-17)34(31,32)27-25(2)14-19-8-13-23-26(19,30)22(15-25)24(29)28(23)16-18-6-9-20(33-3)10-7-18/h4-7,9-12,15,19,23,27,30H,8,13-14,16H2,1-3H3/t19-,23-,25-,26+/m1/s1. The minimum atomic E-state index is -3.80. The van der Waals surface area contributed by atoms with Gasteiger partial charge >= 0.3 is 0 Å². The van der Waals surface area contributed by atoms with Crippen LogP contribution >= 0.6 is 0 Å². The maximum absolute atomic E-state index is 13.5. The molecule has 2 aromatic carbocycles. The topological polar surface area (TPSA) is 95.9 Å². The Morgan fingerprint density at radius 1 is 1.12 bits per heavy atom. The average molecular weight is 483 g/mol. The van der Waals surface area contributed by atoms with E-state index in [1.165, 1.54) is 0 Å². The monoisotopic (exact) mass is 482 g/mol. The molecule has 3 aliphatic rings. The Kier molecular flexibility index (Phi) is 5.39. The van der Waals surface area contributed by atoms with E-state index >= 15 is 0 Å². The number of carbonyl (C=O) groups excluding carboxylic acids is 1. The Morgan fingerprint density at radius 2 is 1.79 bits per heavy atom. The summed E-state index contributed by atoms with van der Waals surface area (Å²) in [7, 11) is -2.20. The van der Waals surface area contributed by atoms with Gasteiger partial charge in [0.1, 0.15) is 11.4 Å². The number of sulfonamides is 1. The molecule has 1 aliphatic heterocycles. The van der Waals surface area contributed by atoms with Crippen molar-refractivity contribution < 1.29 is 23.1 Å². The predicted octanol–water partition coefficient (Wildman–Crippen LogP) is 2.92. The van der Waals surface area contributed by atoms with E-state index in [4.69, 9.17) is 4.74 Å². The third-order valence-corrected chi connectivity index (χ3v) is 9.19. The minimum absolute atomic E-state index is 0.182. The first-order chi connectivity index (χ1) is 16.1. The van der Waals surface area contributed by atoms with Crippen molar-refractivity contribution in [3.63, 3.8) is 0 Å². The van der Waals surface area contributed by atoms with Gasteiger partial charge in [-0.05, 0) is 68.9 Å². The summed E-state index contributed by atoms with van der Waals surface area (Å²) in [5.41, 5.74) is 0.00675. The number of methoxy groups -OCH3 is 1. The Hall–Kier alpha value is -2.68. The highest BCUT2D eigenvalue weighted by atomic mass is 32.2. The molecule has 2 aromatic rings. The Balaban J connectivity index is 1.45. The van der Waals surface area contributed by atoms with Crippen LogP contribution in [-0.4, -0.2) is 48.6 Å². The Bertz CT molecular complexity index is 1260. The summed E-state index contributed by atoms with van der Waals surface area (Å²) in [6, 6.07) is 13.9. The molecule has 0 bridgehead atoms. The molecule has 7 nitrogen and oxygen atoms in total. The Labute approximate surface area is 200 Å². The number of likely N-dealkylation sites (tertiary alicyclic amines) is 1. The van der Waals surface area contributed by atoms with Crippen LogP contribution in [0.1, 0.15) is 37.3 Å². The van der Waals surface area contributed by atoms with Gasteiger partial charge in [0.05, 0.1) is 18.0 Å². The lowest BCUT2D eigenvalue weighted by atomic mass is 9.71. The van der Waals surface area contributed by atoms with E-state index in [0.717, 1.165) is 23.3 Å². The van der Waals surface area contributed by atoms with Gasteiger partial charge in [0.25, 0.3) is 5.91 Å². The number of aliphatic hydroxyl groups is 1. The molecule has 2 aliphatic carbocycles. The summed E-state index contributed by atoms with van der Waals surface area (Å²) in [6.07, 6.45) is 3.50. The summed E-state index contributed by atoms with van der Waals surface area (Å²) in [6.45, 7) is 4.07. The fraction of sp³-hybridized carbons (Fsp3) is 0.423. The van der Waals surface area contributed by atoms with Crippen molar-refractivity contribution in [3.05, 3.63) is 71.3 Å². The number of aryl methyl sites for hydroxylation is 1. The number of ether oxygens (including phenoxy) is 1. The SMILES string of the molecule is COc1ccc(CN2C(=O)C3=C[C@](C)(NS(=O)(=O)c4ccc(C)cc4)C[C@H]4CC[C@@H]2[C@@]34O)cc1. The first kappa shape index (κ1) is 23.1. The lowest BCUT2D eigenvalue weighted by Crippen LogP contribution is -2.54. The molecule has 1 saturated heterocycles. The normalized spacial score (nSPS) is 30.3. The van der Waals surface area contributed by atoms with Gasteiger partial charge < -0.3 is 14.7 Å². The molecule has 0 spiro atoms. The second-order valence-corrected chi connectivity index (χ2v) is 11.7. The highest BCUT2D eigenvalue weighted by Crippen LogP contribution is 2.55. The van der Waals surface area contributed by atoms with Crippen LogP contribution in [0.5, 0.6) is 5.75 Å². The first-order valence-corrected chi connectivity index (χ1v) is 13.0. The highest BCUT2D eigenvalue weighted by Gasteiger charge is 2.65. The molecule has 5 rings (SSSR count). The molecule has 2 N–H and O–H groups in total. The lowest BCUT2D eigenvalue weighted by Gasteiger charge is -2.41. The molecule has 2 fully saturated rings. The molecule has 180 valence electrons. The lowest BCUT2D eigenvalue weighted by molar-refractivity contribution is -0.127. The molecular formula is C26H30N2O5S. The van der Waals surface area contributed by atoms with Crippen LogP contribution in [0.3, 0.4) is 0 Å². The number of carbonyl (C=O) groups is 1. The van der Waals surface area contributed by atoms with Gasteiger partial charge in [-0.1, -0.05) is 35.9 Å². The van der Waals surface area contributed by atoms with Gasteiger partial charge in [-0.25, -0.2) is 13.1 Å². The summed E-state index contributed by atoms with van der Waals surface area (Å²) in [5.74, 6) is 0.311. The van der Waals surface area contributed by atoms with E-state index in [9.17, 15) is 18.3 Å². The fourth-order valence-corrected chi connectivity index (χ4v) is 7.29. The zero-order valence-corrected chi connectivity index (χ0v) is 20.4. The minimum Gasteiger partial charge on any atom is -0.497 e. The van der Waals surface area contributed by atoms with Gasteiger partial charge in [0, 0.05) is 17.7 Å². The van der Waals surface area contributed by atoms with E-state index in [2.05, 4.69) is 4.72 Å². The van der Waals surface area contributed by atoms with Gasteiger partial charge in [-0.3, -0.25) is 4.79 Å². The maximum atomic E-state index is 13.5. The number of hydrogen-bond donors (Lipinski definition) is 2. The fourth-order valence-electron chi connectivity index (χ4n) is 5.92. The van der Waals surface area contributed by atoms with Crippen LogP contribution < -0.4 is 9.46 Å². The van der Waals surface area contributed by atoms with Crippen LogP contribution in [0.4, 0.5) is 0 Å². The quantitative estimate of drug-likeness (QED) is 0.660. The van der Waals surface area contributed by atoms with Crippen molar-refractivity contribution >= 4 is 15.9 Å². The first-order valence-electron chi connectivity index (χ1n) is 11.6. The molecule has 34 heavy (non-hydrogen) atoms. The smallest absolute Gasteiger partial charge is 0.253 e. The Morgan fingerprint density at radius 3 is 2.44 bits per heavy atom. The molecule has 4 atom stereocenters. The summed E-state index contributed by atoms with van der Waals surface area (Å²) >= 11 is 0. The van der Waals surface area contributed by atoms with E-state index in [1.807, 2.05) is 31.2 Å². The summed E-state index contributed by atoms with van der Waals surface area (Å²) in [4.78, 5) is 15.4. The van der Waals surface area contributed by atoms with Crippen molar-refractivity contribution in [2.75, 3.05) is 7.11 Å². The number of amides is 1. The second-order valence-electron chi connectivity index (χ2n) is 9.99. The average Bonchev–Trinajstić information content (AvgIpc) is 3.22. The number of nitrogens with one attached hydrogen (secondary N) is 1. The molecule has 0 radical (unpaired) electrons. The summed E-state index contributed by atoms with van der Waals surface area (Å²) in [5, 5.41) is 11.8. The van der Waals surface area contributed by atoms with E-state index in [0.29, 0.717) is 25.0 Å². The van der Waals surface area contributed by atoms with E-state index in [1.54, 1.807) is 49.3 Å². The van der Waals surface area contributed by atoms with Crippen LogP contribution in [-0.2, 0) is 21.4 Å². The van der Waals surface area contributed by atoms with Gasteiger partial charge in [-0.15, -0.1) is 0 Å². The maximum Gasteiger partial charge on any atom is 0.253 e. The van der Waals surface area contributed by atoms with Gasteiger partial charge in [0.2, 0.25) is 10.0 Å². The predicted molar refractivity (Wildman–Crippen MR) is 128 cm³/mol. The van der Waals surface area contributed by atoms with Crippen molar-refractivity contribution in [2.24, 2.45) is 5.92 Å². The van der Waals surface area contributed by atoms with Crippen LogP contribution in [0, 0.1) is 12.8 Å². The van der Waals surface area contributed by atoms with Crippen LogP contribution in [0.25, 0.3) is 0 Å². The number of benzene rings is 2. The largest absolute Gasteiger partial charge is 0.497 e. The molecular weight excluding hydrogens is 452 g/mol. The molecule has 8 heteroatoms. The summed E-state index contributed by atoms with van der Waals surface area (Å²) < 4.78 is 34.3. The van der Waals surface area contributed by atoms with Crippen molar-refractivity contribution in [2.45, 2.75) is 61.7 Å². The van der Waals surface area contributed by atoms with Crippen LogP contribution in [0.2, 0.25) is 0 Å². The second kappa shape index (κ2) is 7.93. The zero-order chi connectivity index (χ0) is 24.3. The molecule has 0 aromatic heterocycles. The number of nitrogens with zero attached hydrogens (tertiary/aromatic N) is 1. The number of rotatable bonds is 6. The zero-order valence-electron chi connectivity index (χ0n) is 19.6. The molecule has 0 unspecified atom stereocenters. The molecule has 1 heterocycles. The van der Waals surface area contributed by atoms with Crippen molar-refractivity contribution in [1.29, 1.82) is 0 Å². The third kappa shape index (κ3) is 3.65.